The monoisotopic (exact) mass is 228 g/mol. The first kappa shape index (κ1) is 9.52. The Hall–Kier alpha value is -0.570. The summed E-state index contributed by atoms with van der Waals surface area (Å²) in [7, 11) is 1.87. The van der Waals surface area contributed by atoms with Gasteiger partial charge in [0, 0.05) is 12.7 Å². The van der Waals surface area contributed by atoms with E-state index in [-0.39, 0.29) is 0 Å². The van der Waals surface area contributed by atoms with Gasteiger partial charge in [-0.2, -0.15) is 0 Å². The van der Waals surface area contributed by atoms with Gasteiger partial charge in [-0.1, -0.05) is 13.8 Å². The summed E-state index contributed by atoms with van der Waals surface area (Å²) in [6.07, 6.45) is 0. The number of anilines is 1. The Labute approximate surface area is 81.5 Å². The fraction of sp³-hybridized carbons (Fsp3) is 0.444. The van der Waals surface area contributed by atoms with Crippen LogP contribution in [0.15, 0.2) is 16.6 Å². The summed E-state index contributed by atoms with van der Waals surface area (Å²) in [6, 6.07) is 4.06. The Morgan fingerprint density at radius 2 is 2.08 bits per heavy atom. The average molecular weight is 229 g/mol. The lowest BCUT2D eigenvalue weighted by atomic mass is 10.1. The zero-order chi connectivity index (χ0) is 9.14. The highest BCUT2D eigenvalue weighted by Crippen LogP contribution is 2.22. The maximum Gasteiger partial charge on any atom is 0.140 e. The largest absolute Gasteiger partial charge is 0.372 e. The van der Waals surface area contributed by atoms with Gasteiger partial charge in [0.15, 0.2) is 0 Å². The van der Waals surface area contributed by atoms with Crippen LogP contribution in [0.1, 0.15) is 25.5 Å². The van der Waals surface area contributed by atoms with Crippen LogP contribution in [0.5, 0.6) is 0 Å². The molecule has 0 spiro atoms. The summed E-state index contributed by atoms with van der Waals surface area (Å²) in [4.78, 5) is 4.43. The fourth-order valence-electron chi connectivity index (χ4n) is 0.954. The maximum atomic E-state index is 4.43. The van der Waals surface area contributed by atoms with E-state index in [1.165, 1.54) is 0 Å². The molecule has 1 heterocycles. The lowest BCUT2D eigenvalue weighted by Crippen LogP contribution is -1.98. The van der Waals surface area contributed by atoms with Crippen molar-refractivity contribution in [3.05, 3.63) is 22.3 Å². The number of rotatable bonds is 2. The molecule has 0 aliphatic rings. The molecule has 12 heavy (non-hydrogen) atoms. The molecule has 2 nitrogen and oxygen atoms in total. The van der Waals surface area contributed by atoms with Crippen LogP contribution in [0.4, 0.5) is 5.82 Å². The third kappa shape index (κ3) is 1.97. The van der Waals surface area contributed by atoms with Gasteiger partial charge in [0.25, 0.3) is 0 Å². The van der Waals surface area contributed by atoms with E-state index < -0.39 is 0 Å². The Kier molecular flexibility index (Phi) is 3.09. The second-order valence-electron chi connectivity index (χ2n) is 2.97. The van der Waals surface area contributed by atoms with Gasteiger partial charge < -0.3 is 5.32 Å². The molecule has 3 heteroatoms. The van der Waals surface area contributed by atoms with E-state index >= 15 is 0 Å². The van der Waals surface area contributed by atoms with Gasteiger partial charge in [0.1, 0.15) is 5.82 Å². The van der Waals surface area contributed by atoms with Crippen LogP contribution in [-0.4, -0.2) is 12.0 Å². The molecule has 0 unspecified atom stereocenters. The van der Waals surface area contributed by atoms with E-state index in [0.29, 0.717) is 5.92 Å². The quantitative estimate of drug-likeness (QED) is 0.843. The molecule has 0 aliphatic carbocycles. The SMILES string of the molecule is CNc1nc(C(C)C)ccc1Br. The summed E-state index contributed by atoms with van der Waals surface area (Å²) in [6.45, 7) is 4.27. The lowest BCUT2D eigenvalue weighted by molar-refractivity contribution is 0.823. The molecule has 1 aromatic rings. The van der Waals surface area contributed by atoms with Gasteiger partial charge in [-0.25, -0.2) is 4.98 Å². The summed E-state index contributed by atoms with van der Waals surface area (Å²) < 4.78 is 1.01. The zero-order valence-electron chi connectivity index (χ0n) is 7.56. The van der Waals surface area contributed by atoms with E-state index in [2.05, 4.69) is 40.1 Å². The third-order valence-electron chi connectivity index (χ3n) is 1.70. The molecule has 0 fully saturated rings. The van der Waals surface area contributed by atoms with Crippen molar-refractivity contribution in [2.45, 2.75) is 19.8 Å². The normalized spacial score (nSPS) is 10.4. The Morgan fingerprint density at radius 3 is 2.58 bits per heavy atom. The van der Waals surface area contributed by atoms with Crippen molar-refractivity contribution in [1.82, 2.24) is 4.98 Å². The Bertz CT molecular complexity index is 271. The predicted octanol–water partition coefficient (Wildman–Crippen LogP) is 3.01. The first-order valence-corrected chi connectivity index (χ1v) is 4.78. The van der Waals surface area contributed by atoms with Crippen molar-refractivity contribution in [3.8, 4) is 0 Å². The Balaban J connectivity index is 3.05. The average Bonchev–Trinajstić information content (AvgIpc) is 2.05. The van der Waals surface area contributed by atoms with Crippen molar-refractivity contribution < 1.29 is 0 Å². The van der Waals surface area contributed by atoms with Crippen molar-refractivity contribution in [3.63, 3.8) is 0 Å². The van der Waals surface area contributed by atoms with Crippen LogP contribution in [0, 0.1) is 0 Å². The van der Waals surface area contributed by atoms with Crippen LogP contribution in [0.2, 0.25) is 0 Å². The predicted molar refractivity (Wildman–Crippen MR) is 55.6 cm³/mol. The zero-order valence-corrected chi connectivity index (χ0v) is 9.14. The number of halogens is 1. The summed E-state index contributed by atoms with van der Waals surface area (Å²) in [5, 5.41) is 3.03. The van der Waals surface area contributed by atoms with Gasteiger partial charge in [0.05, 0.1) is 4.47 Å². The molecule has 0 amide bonds. The molecule has 0 saturated carbocycles. The number of nitrogens with one attached hydrogen (secondary N) is 1. The summed E-state index contributed by atoms with van der Waals surface area (Å²) in [5.74, 6) is 1.38. The number of nitrogens with zero attached hydrogens (tertiary/aromatic N) is 1. The van der Waals surface area contributed by atoms with E-state index in [1.54, 1.807) is 0 Å². The van der Waals surface area contributed by atoms with Crippen molar-refractivity contribution in [2.24, 2.45) is 0 Å². The van der Waals surface area contributed by atoms with Crippen molar-refractivity contribution in [2.75, 3.05) is 12.4 Å². The second kappa shape index (κ2) is 3.90. The standard InChI is InChI=1S/C9H13BrN2/c1-6(2)8-5-4-7(10)9(11-3)12-8/h4-6H,1-3H3,(H,11,12). The number of pyridine rings is 1. The van der Waals surface area contributed by atoms with Gasteiger partial charge in [-0.05, 0) is 34.0 Å². The number of hydrogen-bond donors (Lipinski definition) is 1. The smallest absolute Gasteiger partial charge is 0.140 e. The van der Waals surface area contributed by atoms with Crippen LogP contribution in [-0.2, 0) is 0 Å². The van der Waals surface area contributed by atoms with E-state index in [4.69, 9.17) is 0 Å². The molecular formula is C9H13BrN2. The van der Waals surface area contributed by atoms with Crippen molar-refractivity contribution >= 4 is 21.7 Å². The first-order chi connectivity index (χ1) is 5.65. The highest BCUT2D eigenvalue weighted by Gasteiger charge is 2.04. The molecule has 0 bridgehead atoms. The third-order valence-corrected chi connectivity index (χ3v) is 2.34. The van der Waals surface area contributed by atoms with Crippen LogP contribution in [0.3, 0.4) is 0 Å². The molecule has 1 N–H and O–H groups in total. The summed E-state index contributed by atoms with van der Waals surface area (Å²) in [5.41, 5.74) is 1.11. The lowest BCUT2D eigenvalue weighted by Gasteiger charge is -2.08. The van der Waals surface area contributed by atoms with Gasteiger partial charge in [-0.3, -0.25) is 0 Å². The molecule has 1 rings (SSSR count). The molecule has 1 aromatic heterocycles. The highest BCUT2D eigenvalue weighted by atomic mass is 79.9. The fourth-order valence-corrected chi connectivity index (χ4v) is 1.37. The van der Waals surface area contributed by atoms with Gasteiger partial charge >= 0.3 is 0 Å². The molecular weight excluding hydrogens is 216 g/mol. The minimum atomic E-state index is 0.477. The van der Waals surface area contributed by atoms with Crippen LogP contribution >= 0.6 is 15.9 Å². The van der Waals surface area contributed by atoms with E-state index in [0.717, 1.165) is 16.0 Å². The highest BCUT2D eigenvalue weighted by molar-refractivity contribution is 9.10. The van der Waals surface area contributed by atoms with Gasteiger partial charge in [-0.15, -0.1) is 0 Å². The molecule has 0 radical (unpaired) electrons. The van der Waals surface area contributed by atoms with Gasteiger partial charge in [0.2, 0.25) is 0 Å². The topological polar surface area (TPSA) is 24.9 Å². The Morgan fingerprint density at radius 1 is 1.42 bits per heavy atom. The van der Waals surface area contributed by atoms with E-state index in [9.17, 15) is 0 Å². The van der Waals surface area contributed by atoms with Crippen LogP contribution < -0.4 is 5.32 Å². The number of hydrogen-bond acceptors (Lipinski definition) is 2. The number of aromatic nitrogens is 1. The molecule has 66 valence electrons. The van der Waals surface area contributed by atoms with Crippen LogP contribution in [0.25, 0.3) is 0 Å². The maximum absolute atomic E-state index is 4.43. The molecule has 0 atom stereocenters. The second-order valence-corrected chi connectivity index (χ2v) is 3.83. The minimum absolute atomic E-state index is 0.477. The van der Waals surface area contributed by atoms with E-state index in [1.807, 2.05) is 19.2 Å². The molecule has 0 saturated heterocycles. The summed E-state index contributed by atoms with van der Waals surface area (Å²) >= 11 is 3.41. The molecule has 0 aliphatic heterocycles. The molecule has 0 aromatic carbocycles. The first-order valence-electron chi connectivity index (χ1n) is 3.99. The van der Waals surface area contributed by atoms with Crippen molar-refractivity contribution in [1.29, 1.82) is 0 Å². The minimum Gasteiger partial charge on any atom is -0.372 e.